The molecular weight excluding hydrogens is 425 g/mol. The molecule has 1 aromatic heterocycles. The fourth-order valence-electron chi connectivity index (χ4n) is 2.57. The van der Waals surface area contributed by atoms with Gasteiger partial charge in [-0.3, -0.25) is 9.48 Å². The number of methoxy groups -OCH3 is 2. The number of nitrogens with one attached hydrogen (secondary N) is 1. The second-order valence-corrected chi connectivity index (χ2v) is 6.97. The summed E-state index contributed by atoms with van der Waals surface area (Å²) in [7, 11) is 3.02. The average Bonchev–Trinajstić information content (AvgIpc) is 3.03. The van der Waals surface area contributed by atoms with Crippen LogP contribution in [0.5, 0.6) is 11.5 Å². The Morgan fingerprint density at radius 3 is 2.36 bits per heavy atom. The lowest BCUT2D eigenvalue weighted by Gasteiger charge is -2.09. The van der Waals surface area contributed by atoms with E-state index >= 15 is 0 Å². The Labute approximate surface area is 176 Å². The number of halogens is 3. The standard InChI is InChI=1S/C19H16Cl3N3O3/c1-27-16-7-6-11(8-17(16)28-2)19(26)23-18-15(22)10-25(24-18)9-12-13(20)4-3-5-14(12)21/h3-8,10H,9H2,1-2H3,(H,23,24,26). The molecular formula is C19H16Cl3N3O3. The van der Waals surface area contributed by atoms with Crippen molar-refractivity contribution in [3.63, 3.8) is 0 Å². The zero-order chi connectivity index (χ0) is 20.3. The van der Waals surface area contributed by atoms with Crippen molar-refractivity contribution in [2.45, 2.75) is 6.54 Å². The minimum absolute atomic E-state index is 0.227. The lowest BCUT2D eigenvalue weighted by molar-refractivity contribution is 0.102. The topological polar surface area (TPSA) is 65.4 Å². The summed E-state index contributed by atoms with van der Waals surface area (Å²) in [5, 5.41) is 8.33. The zero-order valence-corrected chi connectivity index (χ0v) is 17.3. The summed E-state index contributed by atoms with van der Waals surface area (Å²) in [6.07, 6.45) is 1.59. The predicted octanol–water partition coefficient (Wildman–Crippen LogP) is 5.16. The van der Waals surface area contributed by atoms with E-state index in [-0.39, 0.29) is 16.7 Å². The van der Waals surface area contributed by atoms with Crippen molar-refractivity contribution >= 4 is 46.5 Å². The molecule has 146 valence electrons. The van der Waals surface area contributed by atoms with E-state index in [4.69, 9.17) is 44.3 Å². The number of nitrogens with zero attached hydrogens (tertiary/aromatic N) is 2. The molecule has 3 rings (SSSR count). The minimum Gasteiger partial charge on any atom is -0.493 e. The highest BCUT2D eigenvalue weighted by Crippen LogP contribution is 2.29. The average molecular weight is 441 g/mol. The number of hydrogen-bond donors (Lipinski definition) is 1. The van der Waals surface area contributed by atoms with Crippen molar-refractivity contribution in [3.05, 3.63) is 68.8 Å². The maximum Gasteiger partial charge on any atom is 0.257 e. The van der Waals surface area contributed by atoms with Crippen molar-refractivity contribution in [2.75, 3.05) is 19.5 Å². The van der Waals surface area contributed by atoms with Gasteiger partial charge in [-0.25, -0.2) is 0 Å². The molecule has 9 heteroatoms. The summed E-state index contributed by atoms with van der Waals surface area (Å²) in [5.74, 6) is 0.812. The molecule has 1 N–H and O–H groups in total. The highest BCUT2D eigenvalue weighted by atomic mass is 35.5. The number of benzene rings is 2. The number of carbonyl (C=O) groups excluding carboxylic acids is 1. The minimum atomic E-state index is -0.385. The third-order valence-electron chi connectivity index (χ3n) is 3.98. The molecule has 28 heavy (non-hydrogen) atoms. The molecule has 0 unspecified atom stereocenters. The number of ether oxygens (including phenoxy) is 2. The van der Waals surface area contributed by atoms with Crippen LogP contribution in [0.15, 0.2) is 42.6 Å². The SMILES string of the molecule is COc1ccc(C(=O)Nc2nn(Cc3c(Cl)cccc3Cl)cc2Cl)cc1OC. The second kappa shape index (κ2) is 8.73. The summed E-state index contributed by atoms with van der Waals surface area (Å²) in [5.41, 5.74) is 1.08. The van der Waals surface area contributed by atoms with E-state index in [9.17, 15) is 4.79 Å². The number of amides is 1. The van der Waals surface area contributed by atoms with Crippen LogP contribution < -0.4 is 14.8 Å². The number of hydrogen-bond acceptors (Lipinski definition) is 4. The molecule has 0 radical (unpaired) electrons. The van der Waals surface area contributed by atoms with Gasteiger partial charge in [-0.15, -0.1) is 0 Å². The maximum absolute atomic E-state index is 12.6. The predicted molar refractivity (Wildman–Crippen MR) is 110 cm³/mol. The molecule has 0 saturated heterocycles. The molecule has 1 heterocycles. The van der Waals surface area contributed by atoms with E-state index in [0.717, 1.165) is 0 Å². The van der Waals surface area contributed by atoms with Crippen LogP contribution in [0.1, 0.15) is 15.9 Å². The molecule has 1 amide bonds. The summed E-state index contributed by atoms with van der Waals surface area (Å²) in [6, 6.07) is 10.1. The Balaban J connectivity index is 1.79. The Kier molecular flexibility index (Phi) is 6.34. The number of rotatable bonds is 6. The monoisotopic (exact) mass is 439 g/mol. The van der Waals surface area contributed by atoms with Gasteiger partial charge < -0.3 is 14.8 Å². The first-order valence-corrected chi connectivity index (χ1v) is 9.25. The van der Waals surface area contributed by atoms with Crippen LogP contribution in [0.2, 0.25) is 15.1 Å². The smallest absolute Gasteiger partial charge is 0.257 e. The van der Waals surface area contributed by atoms with E-state index in [1.54, 1.807) is 47.3 Å². The van der Waals surface area contributed by atoms with Gasteiger partial charge in [0.05, 0.1) is 20.8 Å². The van der Waals surface area contributed by atoms with Gasteiger partial charge in [0.1, 0.15) is 5.02 Å². The van der Waals surface area contributed by atoms with Crippen LogP contribution in [-0.2, 0) is 6.54 Å². The second-order valence-electron chi connectivity index (χ2n) is 5.75. The van der Waals surface area contributed by atoms with E-state index in [1.165, 1.54) is 14.2 Å². The van der Waals surface area contributed by atoms with Gasteiger partial charge in [-0.1, -0.05) is 40.9 Å². The third-order valence-corrected chi connectivity index (χ3v) is 4.96. The largest absolute Gasteiger partial charge is 0.493 e. The molecule has 0 aliphatic rings. The molecule has 0 fully saturated rings. The van der Waals surface area contributed by atoms with Crippen LogP contribution in [0.3, 0.4) is 0 Å². The molecule has 0 spiro atoms. The summed E-state index contributed by atoms with van der Waals surface area (Å²) in [4.78, 5) is 12.6. The number of carbonyl (C=O) groups is 1. The summed E-state index contributed by atoms with van der Waals surface area (Å²) >= 11 is 18.6. The van der Waals surface area contributed by atoms with Crippen molar-refractivity contribution < 1.29 is 14.3 Å². The molecule has 0 aliphatic heterocycles. The van der Waals surface area contributed by atoms with Gasteiger partial charge in [0.25, 0.3) is 5.91 Å². The van der Waals surface area contributed by atoms with E-state index in [1.807, 2.05) is 0 Å². The lowest BCUT2D eigenvalue weighted by atomic mass is 10.2. The first-order chi connectivity index (χ1) is 13.4. The Morgan fingerprint density at radius 2 is 1.71 bits per heavy atom. The Hall–Kier alpha value is -2.41. The van der Waals surface area contributed by atoms with E-state index in [2.05, 4.69) is 10.4 Å². The third kappa shape index (κ3) is 4.35. The van der Waals surface area contributed by atoms with Crippen LogP contribution in [0, 0.1) is 0 Å². The number of aromatic nitrogens is 2. The quantitative estimate of drug-likeness (QED) is 0.575. The number of anilines is 1. The van der Waals surface area contributed by atoms with Gasteiger partial charge in [-0.2, -0.15) is 5.10 Å². The van der Waals surface area contributed by atoms with Crippen LogP contribution in [-0.4, -0.2) is 29.9 Å². The first-order valence-electron chi connectivity index (χ1n) is 8.12. The van der Waals surface area contributed by atoms with Gasteiger partial charge in [0.15, 0.2) is 17.3 Å². The zero-order valence-electron chi connectivity index (χ0n) is 15.0. The van der Waals surface area contributed by atoms with Crippen LogP contribution in [0.4, 0.5) is 5.82 Å². The van der Waals surface area contributed by atoms with Gasteiger partial charge in [0, 0.05) is 27.4 Å². The van der Waals surface area contributed by atoms with Crippen molar-refractivity contribution in [1.82, 2.24) is 9.78 Å². The Bertz CT molecular complexity index is 1000. The summed E-state index contributed by atoms with van der Waals surface area (Å²) < 4.78 is 11.9. The van der Waals surface area contributed by atoms with Gasteiger partial charge in [-0.05, 0) is 30.3 Å². The van der Waals surface area contributed by atoms with Crippen molar-refractivity contribution in [1.29, 1.82) is 0 Å². The molecule has 0 bridgehead atoms. The normalized spacial score (nSPS) is 10.6. The maximum atomic E-state index is 12.6. The lowest BCUT2D eigenvalue weighted by Crippen LogP contribution is -2.13. The summed E-state index contributed by atoms with van der Waals surface area (Å²) in [6.45, 7) is 0.310. The van der Waals surface area contributed by atoms with Crippen LogP contribution in [0.25, 0.3) is 0 Å². The molecule has 6 nitrogen and oxygen atoms in total. The first kappa shape index (κ1) is 20.3. The highest BCUT2D eigenvalue weighted by Gasteiger charge is 2.16. The van der Waals surface area contributed by atoms with Gasteiger partial charge >= 0.3 is 0 Å². The van der Waals surface area contributed by atoms with Crippen molar-refractivity contribution in [2.24, 2.45) is 0 Å². The van der Waals surface area contributed by atoms with E-state index in [0.29, 0.717) is 39.2 Å². The highest BCUT2D eigenvalue weighted by molar-refractivity contribution is 6.36. The Morgan fingerprint density at radius 1 is 1.04 bits per heavy atom. The fourth-order valence-corrected chi connectivity index (χ4v) is 3.28. The van der Waals surface area contributed by atoms with E-state index < -0.39 is 0 Å². The molecule has 0 saturated carbocycles. The van der Waals surface area contributed by atoms with Gasteiger partial charge in [0.2, 0.25) is 0 Å². The fraction of sp³-hybridized carbons (Fsp3) is 0.158. The molecule has 0 aliphatic carbocycles. The van der Waals surface area contributed by atoms with Crippen molar-refractivity contribution in [3.8, 4) is 11.5 Å². The van der Waals surface area contributed by atoms with Crippen LogP contribution >= 0.6 is 34.8 Å². The molecule has 0 atom stereocenters. The molecule has 2 aromatic carbocycles. The molecule has 3 aromatic rings.